The Labute approximate surface area is 66.8 Å². The highest BCUT2D eigenvalue weighted by molar-refractivity contribution is 5.11. The zero-order chi connectivity index (χ0) is 8.06. The van der Waals surface area contributed by atoms with E-state index in [2.05, 4.69) is 6.07 Å². The van der Waals surface area contributed by atoms with Crippen molar-refractivity contribution in [1.29, 1.82) is 5.26 Å². The molecular weight excluding hydrogens is 138 g/mol. The van der Waals surface area contributed by atoms with Gasteiger partial charge in [0.25, 0.3) is 0 Å². The Morgan fingerprint density at radius 1 is 1.55 bits per heavy atom. The summed E-state index contributed by atoms with van der Waals surface area (Å²) < 4.78 is 0. The summed E-state index contributed by atoms with van der Waals surface area (Å²) >= 11 is 0. The molecule has 4 atom stereocenters. The quantitative estimate of drug-likeness (QED) is 0.567. The summed E-state index contributed by atoms with van der Waals surface area (Å²) in [5.41, 5.74) is -0.220. The Bertz CT molecular complexity index is 220. The fourth-order valence-corrected chi connectivity index (χ4v) is 2.85. The molecular formula is C9H13NO. The number of hydrogen-bond acceptors (Lipinski definition) is 2. The summed E-state index contributed by atoms with van der Waals surface area (Å²) in [6, 6.07) is 2.34. The van der Waals surface area contributed by atoms with E-state index < -0.39 is 0 Å². The van der Waals surface area contributed by atoms with Crippen LogP contribution in [0.5, 0.6) is 0 Å². The largest absolute Gasteiger partial charge is 0.393 e. The van der Waals surface area contributed by atoms with Gasteiger partial charge in [-0.2, -0.15) is 5.26 Å². The zero-order valence-electron chi connectivity index (χ0n) is 6.75. The third-order valence-electron chi connectivity index (χ3n) is 3.41. The Kier molecular flexibility index (Phi) is 1.28. The molecule has 2 rings (SSSR count). The first-order chi connectivity index (χ1) is 5.15. The number of aliphatic hydroxyl groups is 1. The maximum Gasteiger partial charge on any atom is 0.0690 e. The van der Waals surface area contributed by atoms with Crippen LogP contribution >= 0.6 is 0 Å². The van der Waals surface area contributed by atoms with Crippen molar-refractivity contribution < 1.29 is 5.11 Å². The van der Waals surface area contributed by atoms with Gasteiger partial charge in [-0.05, 0) is 32.1 Å². The van der Waals surface area contributed by atoms with Crippen LogP contribution in [0.1, 0.15) is 26.2 Å². The fraction of sp³-hybridized carbons (Fsp3) is 0.889. The molecule has 0 heterocycles. The summed E-state index contributed by atoms with van der Waals surface area (Å²) in [6.07, 6.45) is 2.82. The van der Waals surface area contributed by atoms with E-state index in [1.807, 2.05) is 6.92 Å². The van der Waals surface area contributed by atoms with E-state index in [1.165, 1.54) is 0 Å². The third kappa shape index (κ3) is 0.810. The first-order valence-corrected chi connectivity index (χ1v) is 4.25. The van der Waals surface area contributed by atoms with Crippen molar-refractivity contribution in [2.24, 2.45) is 17.3 Å². The summed E-state index contributed by atoms with van der Waals surface area (Å²) in [5, 5.41) is 18.4. The van der Waals surface area contributed by atoms with Crippen LogP contribution in [0, 0.1) is 28.6 Å². The van der Waals surface area contributed by atoms with Gasteiger partial charge >= 0.3 is 0 Å². The van der Waals surface area contributed by atoms with Crippen LogP contribution in [0.3, 0.4) is 0 Å². The molecule has 0 radical (unpaired) electrons. The molecule has 2 aliphatic carbocycles. The van der Waals surface area contributed by atoms with Gasteiger partial charge in [0.15, 0.2) is 0 Å². The predicted molar refractivity (Wildman–Crippen MR) is 40.6 cm³/mol. The lowest BCUT2D eigenvalue weighted by molar-refractivity contribution is 0.0603. The first kappa shape index (κ1) is 7.12. The summed E-state index contributed by atoms with van der Waals surface area (Å²) in [4.78, 5) is 0. The highest BCUT2D eigenvalue weighted by Crippen LogP contribution is 2.55. The number of nitriles is 1. The van der Waals surface area contributed by atoms with Gasteiger partial charge in [-0.3, -0.25) is 0 Å². The van der Waals surface area contributed by atoms with Crippen LogP contribution in [0.2, 0.25) is 0 Å². The van der Waals surface area contributed by atoms with Crippen molar-refractivity contribution in [3.8, 4) is 6.07 Å². The number of nitrogens with zero attached hydrogens (tertiary/aromatic N) is 1. The Morgan fingerprint density at radius 2 is 2.27 bits per heavy atom. The minimum absolute atomic E-state index is 0.196. The van der Waals surface area contributed by atoms with E-state index >= 15 is 0 Å². The highest BCUT2D eigenvalue weighted by Gasteiger charge is 2.52. The molecule has 0 spiro atoms. The molecule has 0 aromatic rings. The molecule has 2 nitrogen and oxygen atoms in total. The van der Waals surface area contributed by atoms with E-state index in [4.69, 9.17) is 5.26 Å². The monoisotopic (exact) mass is 151 g/mol. The van der Waals surface area contributed by atoms with E-state index in [1.54, 1.807) is 0 Å². The van der Waals surface area contributed by atoms with E-state index in [-0.39, 0.29) is 17.4 Å². The lowest BCUT2D eigenvalue weighted by Gasteiger charge is -2.30. The van der Waals surface area contributed by atoms with Gasteiger partial charge < -0.3 is 5.11 Å². The number of rotatable bonds is 0. The predicted octanol–water partition coefficient (Wildman–Crippen LogP) is 1.31. The SMILES string of the molecule is C[C@@]1(C#N)C[C@H]2C[C@@H](O)[C@@H]1C2. The third-order valence-corrected chi connectivity index (χ3v) is 3.41. The van der Waals surface area contributed by atoms with Gasteiger partial charge in [0, 0.05) is 5.92 Å². The normalized spacial score (nSPS) is 54.5. The van der Waals surface area contributed by atoms with Crippen molar-refractivity contribution in [2.45, 2.75) is 32.3 Å². The molecule has 2 fully saturated rings. The summed E-state index contributed by atoms with van der Waals surface area (Å²) in [5.74, 6) is 0.886. The second-order valence-corrected chi connectivity index (χ2v) is 4.24. The molecule has 0 unspecified atom stereocenters. The molecule has 1 N–H and O–H groups in total. The zero-order valence-corrected chi connectivity index (χ0v) is 6.75. The Hall–Kier alpha value is -0.550. The topological polar surface area (TPSA) is 44.0 Å². The van der Waals surface area contributed by atoms with Crippen molar-refractivity contribution in [2.75, 3.05) is 0 Å². The molecule has 2 bridgehead atoms. The molecule has 2 heteroatoms. The van der Waals surface area contributed by atoms with Crippen LogP contribution in [0.4, 0.5) is 0 Å². The van der Waals surface area contributed by atoms with Crippen LogP contribution in [0.25, 0.3) is 0 Å². The summed E-state index contributed by atoms with van der Waals surface area (Å²) in [6.45, 7) is 1.99. The van der Waals surface area contributed by atoms with E-state index in [0.29, 0.717) is 5.92 Å². The van der Waals surface area contributed by atoms with Gasteiger partial charge in [0.2, 0.25) is 0 Å². The molecule has 0 saturated heterocycles. The molecule has 0 aromatic carbocycles. The molecule has 2 aliphatic rings. The van der Waals surface area contributed by atoms with Gasteiger partial charge in [-0.25, -0.2) is 0 Å². The average molecular weight is 151 g/mol. The molecule has 0 amide bonds. The molecule has 0 aromatic heterocycles. The maximum atomic E-state index is 9.53. The highest BCUT2D eigenvalue weighted by atomic mass is 16.3. The Morgan fingerprint density at radius 3 is 2.64 bits per heavy atom. The molecule has 60 valence electrons. The van der Waals surface area contributed by atoms with Crippen molar-refractivity contribution in [3.05, 3.63) is 0 Å². The second kappa shape index (κ2) is 1.98. The van der Waals surface area contributed by atoms with Gasteiger partial charge in [0.05, 0.1) is 17.6 Å². The van der Waals surface area contributed by atoms with Crippen LogP contribution < -0.4 is 0 Å². The van der Waals surface area contributed by atoms with Gasteiger partial charge in [0.1, 0.15) is 0 Å². The van der Waals surface area contributed by atoms with Crippen molar-refractivity contribution in [3.63, 3.8) is 0 Å². The molecule has 11 heavy (non-hydrogen) atoms. The lowest BCUT2D eigenvalue weighted by atomic mass is 9.75. The number of fused-ring (bicyclic) bond motifs is 2. The van der Waals surface area contributed by atoms with Crippen LogP contribution in [-0.2, 0) is 0 Å². The second-order valence-electron chi connectivity index (χ2n) is 4.24. The van der Waals surface area contributed by atoms with Crippen LogP contribution in [0.15, 0.2) is 0 Å². The van der Waals surface area contributed by atoms with Crippen molar-refractivity contribution >= 4 is 0 Å². The molecule has 0 aliphatic heterocycles. The fourth-order valence-electron chi connectivity index (χ4n) is 2.85. The Balaban J connectivity index is 2.26. The van der Waals surface area contributed by atoms with Gasteiger partial charge in [-0.1, -0.05) is 0 Å². The summed E-state index contributed by atoms with van der Waals surface area (Å²) in [7, 11) is 0. The van der Waals surface area contributed by atoms with E-state index in [9.17, 15) is 5.11 Å². The number of hydrogen-bond donors (Lipinski definition) is 1. The van der Waals surface area contributed by atoms with E-state index in [0.717, 1.165) is 19.3 Å². The minimum atomic E-state index is -0.220. The first-order valence-electron chi connectivity index (χ1n) is 4.25. The molecule has 2 saturated carbocycles. The smallest absolute Gasteiger partial charge is 0.0690 e. The van der Waals surface area contributed by atoms with Crippen molar-refractivity contribution in [1.82, 2.24) is 0 Å². The van der Waals surface area contributed by atoms with Gasteiger partial charge in [-0.15, -0.1) is 0 Å². The average Bonchev–Trinajstić information content (AvgIpc) is 2.44. The number of aliphatic hydroxyl groups excluding tert-OH is 1. The van der Waals surface area contributed by atoms with Crippen LogP contribution in [-0.4, -0.2) is 11.2 Å². The lowest BCUT2D eigenvalue weighted by Crippen LogP contribution is -2.31. The maximum absolute atomic E-state index is 9.53. The standard InChI is InChI=1S/C9H13NO/c1-9(5-10)4-6-2-7(9)8(11)3-6/h6-8,11H,2-4H2,1H3/t6-,7+,8-,9+/m1/s1. The minimum Gasteiger partial charge on any atom is -0.393 e.